The van der Waals surface area contributed by atoms with Gasteiger partial charge in [0, 0.05) is 5.75 Å². The van der Waals surface area contributed by atoms with Gasteiger partial charge in [-0.05, 0) is 39.3 Å². The summed E-state index contributed by atoms with van der Waals surface area (Å²) in [4.78, 5) is 0. The molecule has 0 bridgehead atoms. The predicted molar refractivity (Wildman–Crippen MR) is 67.3 cm³/mol. The predicted octanol–water partition coefficient (Wildman–Crippen LogP) is 0.952. The molecule has 0 saturated carbocycles. The Morgan fingerprint density at radius 1 is 1.25 bits per heavy atom. The third-order valence-corrected chi connectivity index (χ3v) is 4.49. The van der Waals surface area contributed by atoms with Crippen molar-refractivity contribution in [2.75, 3.05) is 24.6 Å². The minimum Gasteiger partial charge on any atom is -0.390 e. The molecule has 1 unspecified atom stereocenters. The van der Waals surface area contributed by atoms with Gasteiger partial charge in [-0.1, -0.05) is 13.8 Å². The van der Waals surface area contributed by atoms with E-state index in [1.807, 2.05) is 6.92 Å². The first-order valence-electron chi connectivity index (χ1n) is 5.96. The molecule has 4 nitrogen and oxygen atoms in total. The largest absolute Gasteiger partial charge is 0.390 e. The lowest BCUT2D eigenvalue weighted by Crippen LogP contribution is -2.30. The molecule has 5 heteroatoms. The van der Waals surface area contributed by atoms with Crippen molar-refractivity contribution < 1.29 is 13.5 Å². The highest BCUT2D eigenvalue weighted by Crippen LogP contribution is 2.16. The first-order chi connectivity index (χ1) is 7.33. The van der Waals surface area contributed by atoms with Crippen LogP contribution in [-0.4, -0.2) is 43.7 Å². The van der Waals surface area contributed by atoms with Gasteiger partial charge in [-0.2, -0.15) is 0 Å². The molecule has 0 spiro atoms. The molecular weight excluding hydrogens is 226 g/mol. The van der Waals surface area contributed by atoms with Crippen molar-refractivity contribution in [1.29, 1.82) is 0 Å². The molecule has 0 aromatic heterocycles. The van der Waals surface area contributed by atoms with E-state index < -0.39 is 15.4 Å². The molecule has 0 heterocycles. The quantitative estimate of drug-likeness (QED) is 0.599. The molecule has 0 aliphatic carbocycles. The highest BCUT2D eigenvalue weighted by atomic mass is 32.2. The maximum atomic E-state index is 11.3. The van der Waals surface area contributed by atoms with E-state index in [0.717, 1.165) is 13.1 Å². The van der Waals surface area contributed by atoms with Gasteiger partial charge in [0.05, 0.1) is 11.4 Å². The monoisotopic (exact) mass is 251 g/mol. The van der Waals surface area contributed by atoms with Crippen LogP contribution in [0.15, 0.2) is 0 Å². The van der Waals surface area contributed by atoms with Crippen LogP contribution in [0.3, 0.4) is 0 Å². The van der Waals surface area contributed by atoms with Gasteiger partial charge in [0.2, 0.25) is 0 Å². The maximum Gasteiger partial charge on any atom is 0.150 e. The van der Waals surface area contributed by atoms with E-state index in [1.54, 1.807) is 13.8 Å². The Labute approximate surface area is 99.4 Å². The van der Waals surface area contributed by atoms with Crippen LogP contribution in [0, 0.1) is 0 Å². The van der Waals surface area contributed by atoms with E-state index in [9.17, 15) is 13.5 Å². The van der Waals surface area contributed by atoms with Gasteiger partial charge < -0.3 is 10.4 Å². The summed E-state index contributed by atoms with van der Waals surface area (Å²) in [5.41, 5.74) is -0.759. The van der Waals surface area contributed by atoms with Crippen molar-refractivity contribution in [3.8, 4) is 0 Å². The van der Waals surface area contributed by atoms with E-state index in [-0.39, 0.29) is 11.5 Å². The third kappa shape index (κ3) is 8.07. The van der Waals surface area contributed by atoms with Gasteiger partial charge in [0.15, 0.2) is 0 Å². The molecule has 0 amide bonds. The Bertz CT molecular complexity index is 273. The average molecular weight is 251 g/mol. The Morgan fingerprint density at radius 3 is 2.38 bits per heavy atom. The molecule has 0 aliphatic heterocycles. The lowest BCUT2D eigenvalue weighted by Gasteiger charge is -2.23. The van der Waals surface area contributed by atoms with Crippen LogP contribution in [0.2, 0.25) is 0 Å². The summed E-state index contributed by atoms with van der Waals surface area (Å²) in [6.45, 7) is 7.09. The normalized spacial score (nSPS) is 16.0. The number of aliphatic hydroxyl groups is 1. The number of hydrogen-bond acceptors (Lipinski definition) is 4. The van der Waals surface area contributed by atoms with Crippen molar-refractivity contribution in [2.45, 2.75) is 45.6 Å². The molecule has 16 heavy (non-hydrogen) atoms. The summed E-state index contributed by atoms with van der Waals surface area (Å²) in [7, 11) is -2.89. The molecule has 2 N–H and O–H groups in total. The van der Waals surface area contributed by atoms with Crippen molar-refractivity contribution in [1.82, 2.24) is 5.32 Å². The fourth-order valence-electron chi connectivity index (χ4n) is 1.48. The summed E-state index contributed by atoms with van der Waals surface area (Å²) >= 11 is 0. The summed E-state index contributed by atoms with van der Waals surface area (Å²) < 4.78 is 22.5. The molecule has 1 atom stereocenters. The van der Waals surface area contributed by atoms with Gasteiger partial charge in [-0.15, -0.1) is 0 Å². The summed E-state index contributed by atoms with van der Waals surface area (Å²) in [5, 5.41) is 13.1. The van der Waals surface area contributed by atoms with Gasteiger partial charge in [-0.3, -0.25) is 0 Å². The van der Waals surface area contributed by atoms with Crippen molar-refractivity contribution >= 4 is 9.84 Å². The van der Waals surface area contributed by atoms with Crippen molar-refractivity contribution in [3.63, 3.8) is 0 Å². The lowest BCUT2D eigenvalue weighted by molar-refractivity contribution is 0.0419. The second-order valence-electron chi connectivity index (χ2n) is 4.44. The first kappa shape index (κ1) is 15.9. The highest BCUT2D eigenvalue weighted by Gasteiger charge is 2.20. The topological polar surface area (TPSA) is 66.4 Å². The summed E-state index contributed by atoms with van der Waals surface area (Å²) in [5.74, 6) is 0.368. The Balaban J connectivity index is 3.82. The third-order valence-electron chi connectivity index (χ3n) is 2.70. The van der Waals surface area contributed by atoms with E-state index in [4.69, 9.17) is 0 Å². The summed E-state index contributed by atoms with van der Waals surface area (Å²) in [6.07, 6.45) is 1.74. The summed E-state index contributed by atoms with van der Waals surface area (Å²) in [6, 6.07) is 0. The van der Waals surface area contributed by atoms with Crippen LogP contribution in [0.5, 0.6) is 0 Å². The maximum absolute atomic E-state index is 11.3. The molecule has 0 rings (SSSR count). The number of nitrogens with one attached hydrogen (secondary N) is 1. The standard InChI is InChI=1S/C11H25NO3S/c1-4-12-9-8-11(3,13)7-6-10-16(14,15)5-2/h12-13H,4-10H2,1-3H3. The fraction of sp³-hybridized carbons (Fsp3) is 1.00. The van der Waals surface area contributed by atoms with E-state index in [1.165, 1.54) is 0 Å². The van der Waals surface area contributed by atoms with Crippen molar-refractivity contribution in [3.05, 3.63) is 0 Å². The molecular formula is C11H25NO3S. The van der Waals surface area contributed by atoms with Crippen molar-refractivity contribution in [2.24, 2.45) is 0 Å². The van der Waals surface area contributed by atoms with E-state index >= 15 is 0 Å². The Hall–Kier alpha value is -0.130. The van der Waals surface area contributed by atoms with Crippen LogP contribution in [0.25, 0.3) is 0 Å². The highest BCUT2D eigenvalue weighted by molar-refractivity contribution is 7.91. The minimum absolute atomic E-state index is 0.181. The number of sulfone groups is 1. The fourth-order valence-corrected chi connectivity index (χ4v) is 2.35. The van der Waals surface area contributed by atoms with Crippen LogP contribution in [0.4, 0.5) is 0 Å². The van der Waals surface area contributed by atoms with Crippen LogP contribution >= 0.6 is 0 Å². The molecule has 0 radical (unpaired) electrons. The molecule has 0 saturated heterocycles. The smallest absolute Gasteiger partial charge is 0.150 e. The number of rotatable bonds is 9. The minimum atomic E-state index is -2.89. The van der Waals surface area contributed by atoms with E-state index in [0.29, 0.717) is 19.3 Å². The Morgan fingerprint density at radius 2 is 1.88 bits per heavy atom. The molecule has 0 aliphatic rings. The van der Waals surface area contributed by atoms with Gasteiger partial charge >= 0.3 is 0 Å². The second-order valence-corrected chi connectivity index (χ2v) is 6.91. The zero-order valence-corrected chi connectivity index (χ0v) is 11.4. The molecule has 0 aromatic rings. The average Bonchev–Trinajstić information content (AvgIpc) is 2.17. The SMILES string of the molecule is CCNCCC(C)(O)CCCS(=O)(=O)CC. The first-order valence-corrected chi connectivity index (χ1v) is 7.78. The zero-order valence-electron chi connectivity index (χ0n) is 10.6. The zero-order chi connectivity index (χ0) is 12.7. The number of hydrogen-bond donors (Lipinski definition) is 2. The van der Waals surface area contributed by atoms with Crippen LogP contribution < -0.4 is 5.32 Å². The van der Waals surface area contributed by atoms with Crippen LogP contribution in [0.1, 0.15) is 40.0 Å². The van der Waals surface area contributed by atoms with E-state index in [2.05, 4.69) is 5.32 Å². The molecule has 0 aromatic carbocycles. The molecule has 98 valence electrons. The van der Waals surface area contributed by atoms with Crippen LogP contribution in [-0.2, 0) is 9.84 Å². The lowest BCUT2D eigenvalue weighted by atomic mass is 9.97. The van der Waals surface area contributed by atoms with Gasteiger partial charge in [0.1, 0.15) is 9.84 Å². The Kier molecular flexibility index (Phi) is 7.19. The van der Waals surface area contributed by atoms with Gasteiger partial charge in [-0.25, -0.2) is 8.42 Å². The second kappa shape index (κ2) is 7.25. The molecule has 0 fully saturated rings. The van der Waals surface area contributed by atoms with Gasteiger partial charge in [0.25, 0.3) is 0 Å².